The van der Waals surface area contributed by atoms with E-state index < -0.39 is 0 Å². The van der Waals surface area contributed by atoms with Crippen molar-refractivity contribution in [1.29, 1.82) is 0 Å². The third-order valence-corrected chi connectivity index (χ3v) is 4.57. The maximum absolute atomic E-state index is 12.3. The minimum Gasteiger partial charge on any atom is -0.397 e. The summed E-state index contributed by atoms with van der Waals surface area (Å²) in [6, 6.07) is 3.79. The lowest BCUT2D eigenvalue weighted by atomic mass is 9.90. The first-order valence-electron chi connectivity index (χ1n) is 6.89. The first-order chi connectivity index (χ1) is 9.84. The third kappa shape index (κ3) is 3.51. The van der Waals surface area contributed by atoms with Gasteiger partial charge in [-0.1, -0.05) is 13.8 Å². The number of aromatic nitrogens is 1. The van der Waals surface area contributed by atoms with E-state index in [0.717, 1.165) is 15.9 Å². The highest BCUT2D eigenvalue weighted by atomic mass is 32.1. The molecule has 0 bridgehead atoms. The second-order valence-corrected chi connectivity index (χ2v) is 6.97. The van der Waals surface area contributed by atoms with Crippen LogP contribution in [0.3, 0.4) is 0 Å². The molecule has 6 heteroatoms. The van der Waals surface area contributed by atoms with Crippen LogP contribution in [0.25, 0.3) is 10.2 Å². The number of anilines is 1. The second-order valence-electron chi connectivity index (χ2n) is 5.97. The number of rotatable bonds is 5. The van der Waals surface area contributed by atoms with Crippen LogP contribution in [0.2, 0.25) is 0 Å². The highest BCUT2D eigenvalue weighted by Crippen LogP contribution is 2.32. The molecule has 4 N–H and O–H groups in total. The van der Waals surface area contributed by atoms with Crippen LogP contribution in [-0.4, -0.2) is 29.1 Å². The molecule has 0 aliphatic rings. The zero-order valence-corrected chi connectivity index (χ0v) is 13.4. The topological polar surface area (TPSA) is 88.2 Å². The van der Waals surface area contributed by atoms with Crippen LogP contribution >= 0.6 is 11.3 Å². The fourth-order valence-corrected chi connectivity index (χ4v) is 3.10. The van der Waals surface area contributed by atoms with E-state index >= 15 is 0 Å². The summed E-state index contributed by atoms with van der Waals surface area (Å²) in [6.07, 6.45) is 0.635. The second kappa shape index (κ2) is 5.99. The van der Waals surface area contributed by atoms with Crippen molar-refractivity contribution in [1.82, 2.24) is 10.3 Å². The molecule has 0 radical (unpaired) electrons. The van der Waals surface area contributed by atoms with Gasteiger partial charge in [-0.25, -0.2) is 4.98 Å². The van der Waals surface area contributed by atoms with Crippen molar-refractivity contribution < 1.29 is 9.90 Å². The van der Waals surface area contributed by atoms with Gasteiger partial charge in [0.1, 0.15) is 9.71 Å². The summed E-state index contributed by atoms with van der Waals surface area (Å²) in [5.74, 6) is -0.181. The molecule has 0 saturated carbocycles. The van der Waals surface area contributed by atoms with E-state index in [2.05, 4.69) is 10.3 Å². The van der Waals surface area contributed by atoms with Crippen molar-refractivity contribution in [3.63, 3.8) is 0 Å². The van der Waals surface area contributed by atoms with Crippen molar-refractivity contribution in [2.45, 2.75) is 27.2 Å². The zero-order chi connectivity index (χ0) is 15.6. The van der Waals surface area contributed by atoms with Crippen molar-refractivity contribution in [3.8, 4) is 0 Å². The van der Waals surface area contributed by atoms with Crippen LogP contribution in [0.4, 0.5) is 5.69 Å². The number of nitrogens with one attached hydrogen (secondary N) is 1. The normalized spacial score (nSPS) is 11.8. The van der Waals surface area contributed by atoms with Gasteiger partial charge in [0.25, 0.3) is 5.91 Å². The quantitative estimate of drug-likeness (QED) is 0.791. The van der Waals surface area contributed by atoms with E-state index in [0.29, 0.717) is 23.5 Å². The number of amides is 1. The number of aliphatic hydroxyl groups is 1. The van der Waals surface area contributed by atoms with Crippen LogP contribution < -0.4 is 11.1 Å². The van der Waals surface area contributed by atoms with E-state index in [9.17, 15) is 4.79 Å². The van der Waals surface area contributed by atoms with Crippen LogP contribution in [0.15, 0.2) is 12.1 Å². The van der Waals surface area contributed by atoms with Gasteiger partial charge in [0.05, 0.1) is 5.69 Å². The van der Waals surface area contributed by atoms with Gasteiger partial charge in [-0.15, -0.1) is 11.3 Å². The van der Waals surface area contributed by atoms with E-state index in [1.807, 2.05) is 32.9 Å². The summed E-state index contributed by atoms with van der Waals surface area (Å²) in [5, 5.41) is 12.7. The van der Waals surface area contributed by atoms with Crippen molar-refractivity contribution in [2.75, 3.05) is 18.9 Å². The van der Waals surface area contributed by atoms with E-state index in [4.69, 9.17) is 10.8 Å². The van der Waals surface area contributed by atoms with Gasteiger partial charge in [0, 0.05) is 24.2 Å². The molecule has 0 aliphatic carbocycles. The van der Waals surface area contributed by atoms with Crippen LogP contribution in [0.5, 0.6) is 0 Å². The number of thiophene rings is 1. The lowest BCUT2D eigenvalue weighted by Gasteiger charge is -2.23. The maximum atomic E-state index is 12.3. The Morgan fingerprint density at radius 3 is 2.86 bits per heavy atom. The summed E-state index contributed by atoms with van der Waals surface area (Å²) in [6.45, 7) is 6.52. The molecular formula is C15H21N3O2S. The summed E-state index contributed by atoms with van der Waals surface area (Å²) in [7, 11) is 0. The number of pyridine rings is 1. The molecular weight excluding hydrogens is 286 g/mol. The molecule has 0 aromatic carbocycles. The SMILES string of the molecule is Cc1ccc2c(N)c(C(=O)NCC(C)(C)CCO)sc2n1. The van der Waals surface area contributed by atoms with Gasteiger partial charge in [0.15, 0.2) is 0 Å². The predicted molar refractivity (Wildman–Crippen MR) is 86.6 cm³/mol. The Labute approximate surface area is 128 Å². The highest BCUT2D eigenvalue weighted by molar-refractivity contribution is 7.21. The fraction of sp³-hybridized carbons (Fsp3) is 0.467. The van der Waals surface area contributed by atoms with Gasteiger partial charge < -0.3 is 16.2 Å². The molecule has 114 valence electrons. The van der Waals surface area contributed by atoms with Crippen LogP contribution in [0, 0.1) is 12.3 Å². The number of fused-ring (bicyclic) bond motifs is 1. The third-order valence-electron chi connectivity index (χ3n) is 3.46. The minimum absolute atomic E-state index is 0.108. The van der Waals surface area contributed by atoms with E-state index in [1.54, 1.807) is 0 Å². The molecule has 0 fully saturated rings. The molecule has 0 spiro atoms. The Morgan fingerprint density at radius 2 is 2.19 bits per heavy atom. The first kappa shape index (κ1) is 15.7. The Hall–Kier alpha value is -1.66. The predicted octanol–water partition coefficient (Wildman–Crippen LogP) is 2.33. The molecule has 21 heavy (non-hydrogen) atoms. The summed E-state index contributed by atoms with van der Waals surface area (Å²) >= 11 is 1.31. The Bertz CT molecular complexity index is 664. The van der Waals surface area contributed by atoms with Crippen molar-refractivity contribution in [2.24, 2.45) is 5.41 Å². The molecule has 0 aliphatic heterocycles. The van der Waals surface area contributed by atoms with Crippen molar-refractivity contribution >= 4 is 33.1 Å². The number of hydrogen-bond acceptors (Lipinski definition) is 5. The number of nitrogen functional groups attached to an aromatic ring is 1. The van der Waals surface area contributed by atoms with Crippen LogP contribution in [-0.2, 0) is 0 Å². The maximum Gasteiger partial charge on any atom is 0.263 e. The standard InChI is InChI=1S/C15H21N3O2S/c1-9-4-5-10-11(16)12(21-14(10)18-9)13(20)17-8-15(2,3)6-7-19/h4-5,19H,6-8,16H2,1-3H3,(H,17,20). The highest BCUT2D eigenvalue weighted by Gasteiger charge is 2.21. The minimum atomic E-state index is -0.181. The van der Waals surface area contributed by atoms with Crippen LogP contribution in [0.1, 0.15) is 35.6 Å². The molecule has 0 atom stereocenters. The Kier molecular flexibility index (Phi) is 4.49. The van der Waals surface area contributed by atoms with Gasteiger partial charge in [-0.2, -0.15) is 0 Å². The van der Waals surface area contributed by atoms with Gasteiger partial charge >= 0.3 is 0 Å². The summed E-state index contributed by atoms with van der Waals surface area (Å²) < 4.78 is 0. The molecule has 2 aromatic heterocycles. The number of nitrogens with zero attached hydrogens (tertiary/aromatic N) is 1. The molecule has 0 saturated heterocycles. The van der Waals surface area contributed by atoms with Gasteiger partial charge in [-0.3, -0.25) is 4.79 Å². The molecule has 2 heterocycles. The average Bonchev–Trinajstić information content (AvgIpc) is 2.73. The van der Waals surface area contributed by atoms with Gasteiger partial charge in [-0.05, 0) is 30.9 Å². The van der Waals surface area contributed by atoms with Gasteiger partial charge in [0.2, 0.25) is 0 Å². The fourth-order valence-electron chi connectivity index (χ4n) is 2.05. The largest absolute Gasteiger partial charge is 0.397 e. The lowest BCUT2D eigenvalue weighted by Crippen LogP contribution is -2.34. The monoisotopic (exact) mass is 307 g/mol. The number of hydrogen-bond donors (Lipinski definition) is 3. The number of carbonyl (C=O) groups is 1. The first-order valence-corrected chi connectivity index (χ1v) is 7.70. The number of aryl methyl sites for hydroxylation is 1. The average molecular weight is 307 g/mol. The smallest absolute Gasteiger partial charge is 0.263 e. The Balaban J connectivity index is 2.18. The summed E-state index contributed by atoms with van der Waals surface area (Å²) in [5.41, 5.74) is 7.30. The number of nitrogens with two attached hydrogens (primary N) is 1. The summed E-state index contributed by atoms with van der Waals surface area (Å²) in [4.78, 5) is 18.0. The van der Waals surface area contributed by atoms with Crippen molar-refractivity contribution in [3.05, 3.63) is 22.7 Å². The zero-order valence-electron chi connectivity index (χ0n) is 12.6. The molecule has 1 amide bonds. The molecule has 5 nitrogen and oxygen atoms in total. The Morgan fingerprint density at radius 1 is 1.48 bits per heavy atom. The van der Waals surface area contributed by atoms with E-state index in [-0.39, 0.29) is 17.9 Å². The lowest BCUT2D eigenvalue weighted by molar-refractivity contribution is 0.0933. The number of aliphatic hydroxyl groups excluding tert-OH is 1. The van der Waals surface area contributed by atoms with E-state index in [1.165, 1.54) is 11.3 Å². The molecule has 2 aromatic rings. The molecule has 0 unspecified atom stereocenters. The molecule has 2 rings (SSSR count). The number of carbonyl (C=O) groups excluding carboxylic acids is 1.